The van der Waals surface area contributed by atoms with Gasteiger partial charge in [0.1, 0.15) is 0 Å². The SMILES string of the molecule is C[C@@H]1CC[C@H]2[C@@H](C)C(OCCN(CCOC3O[C@@H]4O[C@](C)(OO)CCC5CCC[C@H]([C@@H]54)[C@H]3C)CCOC3O[C@@H]4O[C@@]5(C)CC[C@H]6[C@H](C)CC[C@@H]([C@H]3C)[C@@]46OO5)O[C@@H]3O[C@@]4(C)CC[C@@H]1[C@]32OO4. The highest BCUT2D eigenvalue weighted by atomic mass is 17.3. The summed E-state index contributed by atoms with van der Waals surface area (Å²) in [6.45, 7) is 20.3. The van der Waals surface area contributed by atoms with Gasteiger partial charge in [-0.15, -0.1) is 0 Å². The molecule has 3 saturated carbocycles. The molecule has 376 valence electrons. The van der Waals surface area contributed by atoms with Crippen LogP contribution in [0.25, 0.3) is 0 Å². The predicted octanol–water partition coefficient (Wildman–Crippen LogP) is 8.12. The van der Waals surface area contributed by atoms with E-state index in [1.165, 1.54) is 6.42 Å². The molecule has 2 spiro atoms. The van der Waals surface area contributed by atoms with Crippen molar-refractivity contribution in [2.75, 3.05) is 39.5 Å². The molecule has 4 unspecified atom stereocenters. The van der Waals surface area contributed by atoms with Crippen LogP contribution in [0.5, 0.6) is 0 Å². The molecule has 10 heterocycles. The molecule has 1 N–H and O–H groups in total. The van der Waals surface area contributed by atoms with E-state index in [1.807, 2.05) is 13.8 Å². The second kappa shape index (κ2) is 18.1. The Morgan fingerprint density at radius 2 is 1.05 bits per heavy atom. The molecule has 0 aromatic carbocycles. The van der Waals surface area contributed by atoms with E-state index in [0.29, 0.717) is 81.4 Å². The minimum atomic E-state index is -1.11. The van der Waals surface area contributed by atoms with Gasteiger partial charge in [-0.25, -0.2) is 29.7 Å². The van der Waals surface area contributed by atoms with Crippen LogP contribution in [0.1, 0.15) is 139 Å². The smallest absolute Gasteiger partial charge is 0.201 e. The minimum Gasteiger partial charge on any atom is -0.351 e. The van der Waals surface area contributed by atoms with Crippen LogP contribution >= 0.6 is 0 Å². The van der Waals surface area contributed by atoms with Gasteiger partial charge in [-0.3, -0.25) is 4.90 Å². The number of rotatable bonds is 13. The fourth-order valence-electron chi connectivity index (χ4n) is 15.7. The predicted molar refractivity (Wildman–Crippen MR) is 233 cm³/mol. The lowest BCUT2D eigenvalue weighted by atomic mass is 9.58. The van der Waals surface area contributed by atoms with Gasteiger partial charge >= 0.3 is 0 Å². The Balaban J connectivity index is 0.765. The first-order valence-corrected chi connectivity index (χ1v) is 26.3. The molecule has 4 bridgehead atoms. The first-order chi connectivity index (χ1) is 31.7. The van der Waals surface area contributed by atoms with E-state index in [9.17, 15) is 5.26 Å². The molecule has 13 fully saturated rings. The molecule has 10 aliphatic heterocycles. The molecule has 0 radical (unpaired) electrons. The average Bonchev–Trinajstić information content (AvgIpc) is 3.74. The Hall–Kier alpha value is -0.640. The third-order valence-corrected chi connectivity index (χ3v) is 19.6. The molecule has 10 saturated heterocycles. The largest absolute Gasteiger partial charge is 0.351 e. The summed E-state index contributed by atoms with van der Waals surface area (Å²) >= 11 is 0. The van der Waals surface area contributed by atoms with Crippen LogP contribution < -0.4 is 0 Å². The Labute approximate surface area is 391 Å². The summed E-state index contributed by atoms with van der Waals surface area (Å²) in [5.41, 5.74) is -1.27. The summed E-state index contributed by atoms with van der Waals surface area (Å²) in [7, 11) is 0. The van der Waals surface area contributed by atoms with E-state index >= 15 is 0 Å². The van der Waals surface area contributed by atoms with Gasteiger partial charge in [-0.1, -0.05) is 41.0 Å². The van der Waals surface area contributed by atoms with Crippen molar-refractivity contribution in [1.82, 2.24) is 4.90 Å². The zero-order valence-corrected chi connectivity index (χ0v) is 40.9. The number of ether oxygens (including phenoxy) is 9. The summed E-state index contributed by atoms with van der Waals surface area (Å²) in [6, 6.07) is 0. The Morgan fingerprint density at radius 1 is 0.530 bits per heavy atom. The first-order valence-electron chi connectivity index (χ1n) is 26.3. The van der Waals surface area contributed by atoms with Crippen molar-refractivity contribution in [3.05, 3.63) is 0 Å². The standard InChI is InChI=1S/C50H81NO15/c1-28-12-14-37-31(4)41(57-44-49(37)35(28)17-20-47(7,60-44)63-65-49)54-26-23-51(22-25-53-40-30(3)34-11-9-10-33-16-19-46(6,62-52)59-43(56-40)39(33)34)24-27-55-42-32(5)38-15-13-29(2)36-18-21-48(8)61-45(58-42)50(36,38)66-64-48/h28-45,52H,9-27H2,1-8H3/t28-,29-,30-,31-,32-,33?,34+,35+,36+,37+,38+,39-,40?,41?,42?,43-,44-,45-,46-,47-,48-,49-,50-/m1/s1. The Kier molecular flexibility index (Phi) is 13.1. The van der Waals surface area contributed by atoms with Crippen molar-refractivity contribution in [3.63, 3.8) is 0 Å². The summed E-state index contributed by atoms with van der Waals surface area (Å²) < 4.78 is 60.1. The molecule has 16 nitrogen and oxygen atoms in total. The number of fused-ring (bicyclic) bond motifs is 4. The molecule has 66 heavy (non-hydrogen) atoms. The van der Waals surface area contributed by atoms with Gasteiger partial charge in [0.05, 0.1) is 19.8 Å². The van der Waals surface area contributed by atoms with Gasteiger partial charge in [-0.05, 0) is 114 Å². The van der Waals surface area contributed by atoms with Crippen LogP contribution in [0.4, 0.5) is 0 Å². The highest BCUT2D eigenvalue weighted by Gasteiger charge is 2.71. The number of hydrogen-bond acceptors (Lipinski definition) is 16. The van der Waals surface area contributed by atoms with Crippen molar-refractivity contribution in [2.24, 2.45) is 71.0 Å². The van der Waals surface area contributed by atoms with E-state index in [-0.39, 0.29) is 35.5 Å². The van der Waals surface area contributed by atoms with Crippen molar-refractivity contribution in [1.29, 1.82) is 0 Å². The van der Waals surface area contributed by atoms with Crippen LogP contribution in [0.15, 0.2) is 0 Å². The van der Waals surface area contributed by atoms with E-state index in [2.05, 4.69) is 39.5 Å². The first kappa shape index (κ1) is 47.7. The molecule has 0 aromatic heterocycles. The molecule has 23 atom stereocenters. The highest BCUT2D eigenvalue weighted by Crippen LogP contribution is 2.62. The molecule has 13 rings (SSSR count). The third-order valence-electron chi connectivity index (χ3n) is 19.6. The van der Waals surface area contributed by atoms with Gasteiger partial charge in [0.15, 0.2) is 48.9 Å². The van der Waals surface area contributed by atoms with E-state index in [0.717, 1.165) is 70.6 Å². The quantitative estimate of drug-likeness (QED) is 0.140. The van der Waals surface area contributed by atoms with E-state index < -0.39 is 66.3 Å². The minimum absolute atomic E-state index is 0.0807. The van der Waals surface area contributed by atoms with Gasteiger partial charge < -0.3 is 42.6 Å². The molecule has 3 aliphatic carbocycles. The lowest BCUT2D eigenvalue weighted by molar-refractivity contribution is -0.577. The summed E-state index contributed by atoms with van der Waals surface area (Å²) in [4.78, 5) is 32.2. The zero-order valence-electron chi connectivity index (χ0n) is 40.9. The fourth-order valence-corrected chi connectivity index (χ4v) is 15.7. The number of nitrogens with zero attached hydrogens (tertiary/aromatic N) is 1. The lowest BCUT2D eigenvalue weighted by Gasteiger charge is -2.60. The van der Waals surface area contributed by atoms with Gasteiger partial charge in [0.2, 0.25) is 17.4 Å². The van der Waals surface area contributed by atoms with E-state index in [4.69, 9.17) is 67.1 Å². The second-order valence-electron chi connectivity index (χ2n) is 23.5. The average molecular weight is 936 g/mol. The topological polar surface area (TPSA) is 153 Å². The van der Waals surface area contributed by atoms with Crippen molar-refractivity contribution >= 4 is 0 Å². The monoisotopic (exact) mass is 936 g/mol. The van der Waals surface area contributed by atoms with Gasteiger partial charge in [0.25, 0.3) is 0 Å². The molecule has 0 aromatic rings. The maximum absolute atomic E-state index is 9.87. The van der Waals surface area contributed by atoms with Crippen LogP contribution in [0, 0.1) is 71.0 Å². The summed E-state index contributed by atoms with van der Waals surface area (Å²) in [5, 5.41) is 9.87. The van der Waals surface area contributed by atoms with Crippen LogP contribution in [-0.4, -0.2) is 116 Å². The summed E-state index contributed by atoms with van der Waals surface area (Å²) in [6.07, 6.45) is 9.85. The van der Waals surface area contributed by atoms with Crippen LogP contribution in [0.2, 0.25) is 0 Å². The maximum Gasteiger partial charge on any atom is 0.201 e. The molecule has 16 heteroatoms. The zero-order chi connectivity index (χ0) is 45.8. The molecule has 13 aliphatic rings. The van der Waals surface area contributed by atoms with Crippen molar-refractivity contribution in [3.8, 4) is 0 Å². The van der Waals surface area contributed by atoms with Gasteiger partial charge in [0, 0.05) is 74.4 Å². The van der Waals surface area contributed by atoms with Crippen LogP contribution in [0.3, 0.4) is 0 Å². The third kappa shape index (κ3) is 8.01. The van der Waals surface area contributed by atoms with Crippen molar-refractivity contribution in [2.45, 2.75) is 205 Å². The van der Waals surface area contributed by atoms with E-state index in [1.54, 1.807) is 6.92 Å². The van der Waals surface area contributed by atoms with Gasteiger partial charge in [-0.2, -0.15) is 0 Å². The maximum atomic E-state index is 9.87. The van der Waals surface area contributed by atoms with Crippen molar-refractivity contribution < 1.29 is 72.3 Å². The summed E-state index contributed by atoms with van der Waals surface area (Å²) in [5.74, 6) is 0.644. The Morgan fingerprint density at radius 3 is 1.56 bits per heavy atom. The highest BCUT2D eigenvalue weighted by molar-refractivity contribution is 5.10. The molecular weight excluding hydrogens is 855 g/mol. The van der Waals surface area contributed by atoms with Crippen LogP contribution in [-0.2, 0) is 67.1 Å². The number of hydrogen-bond donors (Lipinski definition) is 1. The normalized spacial score (nSPS) is 55.0. The fraction of sp³-hybridized carbons (Fsp3) is 1.00. The molecule has 0 amide bonds. The molecular formula is C50H81NO15. The lowest BCUT2D eigenvalue weighted by Crippen LogP contribution is -2.70. The second-order valence-corrected chi connectivity index (χ2v) is 23.5. The Bertz CT molecular complexity index is 1630.